The van der Waals surface area contributed by atoms with Gasteiger partial charge in [0.25, 0.3) is 6.01 Å². The van der Waals surface area contributed by atoms with E-state index in [1.807, 2.05) is 37.2 Å². The molecule has 0 aliphatic carbocycles. The molecule has 0 radical (unpaired) electrons. The first-order valence-electron chi connectivity index (χ1n) is 8.20. The second kappa shape index (κ2) is 9.85. The van der Waals surface area contributed by atoms with E-state index in [1.165, 1.54) is 12.8 Å². The zero-order valence-corrected chi connectivity index (χ0v) is 16.2. The van der Waals surface area contributed by atoms with Gasteiger partial charge in [-0.1, -0.05) is 0 Å². The maximum absolute atomic E-state index is 12.1. The highest BCUT2D eigenvalue weighted by Gasteiger charge is 2.15. The summed E-state index contributed by atoms with van der Waals surface area (Å²) in [5, 5.41) is 6.31. The fourth-order valence-corrected chi connectivity index (χ4v) is 2.91. The molecule has 1 amide bonds. The van der Waals surface area contributed by atoms with Crippen LogP contribution in [0, 0.1) is 5.92 Å². The number of amides is 1. The average molecular weight is 389 g/mol. The van der Waals surface area contributed by atoms with Crippen molar-refractivity contribution in [2.24, 2.45) is 5.92 Å². The molecular formula is C17H26Cl2N4O2. The van der Waals surface area contributed by atoms with Gasteiger partial charge in [0.2, 0.25) is 5.91 Å². The van der Waals surface area contributed by atoms with Crippen molar-refractivity contribution in [2.75, 3.05) is 37.4 Å². The van der Waals surface area contributed by atoms with Crippen LogP contribution in [0.4, 0.5) is 11.7 Å². The molecule has 0 unspecified atom stereocenters. The molecule has 1 aliphatic heterocycles. The van der Waals surface area contributed by atoms with Crippen molar-refractivity contribution in [3.8, 4) is 0 Å². The van der Waals surface area contributed by atoms with Crippen LogP contribution in [0.1, 0.15) is 25.7 Å². The van der Waals surface area contributed by atoms with Gasteiger partial charge in [-0.15, -0.1) is 24.8 Å². The average Bonchev–Trinajstić information content (AvgIpc) is 2.97. The molecule has 0 bridgehead atoms. The maximum atomic E-state index is 12.1. The maximum Gasteiger partial charge on any atom is 0.297 e. The van der Waals surface area contributed by atoms with Gasteiger partial charge in [-0.05, 0) is 56.5 Å². The van der Waals surface area contributed by atoms with Gasteiger partial charge in [-0.3, -0.25) is 4.79 Å². The Bertz CT molecular complexity index is 684. The Labute approximate surface area is 160 Å². The summed E-state index contributed by atoms with van der Waals surface area (Å²) in [5.41, 5.74) is 2.25. The second-order valence-corrected chi connectivity index (χ2v) is 6.35. The second-order valence-electron chi connectivity index (χ2n) is 6.35. The van der Waals surface area contributed by atoms with Crippen molar-refractivity contribution in [3.63, 3.8) is 0 Å². The molecule has 0 spiro atoms. The van der Waals surface area contributed by atoms with Crippen LogP contribution in [0.25, 0.3) is 11.1 Å². The van der Waals surface area contributed by atoms with Crippen LogP contribution in [0.2, 0.25) is 0 Å². The molecule has 1 aromatic carbocycles. The quantitative estimate of drug-likeness (QED) is 0.820. The highest BCUT2D eigenvalue weighted by atomic mass is 35.5. The van der Waals surface area contributed by atoms with Crippen LogP contribution in [0.5, 0.6) is 0 Å². The van der Waals surface area contributed by atoms with Gasteiger partial charge in [-0.2, -0.15) is 4.98 Å². The van der Waals surface area contributed by atoms with Crippen LogP contribution in [0.15, 0.2) is 22.6 Å². The van der Waals surface area contributed by atoms with Gasteiger partial charge >= 0.3 is 0 Å². The van der Waals surface area contributed by atoms with Gasteiger partial charge in [0.1, 0.15) is 5.52 Å². The number of anilines is 2. The Balaban J connectivity index is 0.00000156. The fourth-order valence-electron chi connectivity index (χ4n) is 2.91. The summed E-state index contributed by atoms with van der Waals surface area (Å²) in [6.07, 6.45) is 3.88. The van der Waals surface area contributed by atoms with Crippen LogP contribution in [0.3, 0.4) is 0 Å². The summed E-state index contributed by atoms with van der Waals surface area (Å²) >= 11 is 0. The van der Waals surface area contributed by atoms with E-state index in [4.69, 9.17) is 4.42 Å². The van der Waals surface area contributed by atoms with Crippen LogP contribution >= 0.6 is 24.8 Å². The minimum absolute atomic E-state index is 0. The number of benzene rings is 1. The Morgan fingerprint density at radius 3 is 2.72 bits per heavy atom. The number of halogens is 2. The molecule has 1 saturated heterocycles. The third kappa shape index (κ3) is 5.76. The molecule has 6 nitrogen and oxygen atoms in total. The lowest BCUT2D eigenvalue weighted by Crippen LogP contribution is -2.28. The van der Waals surface area contributed by atoms with E-state index >= 15 is 0 Å². The molecule has 2 aromatic rings. The lowest BCUT2D eigenvalue weighted by Gasteiger charge is -2.22. The zero-order chi connectivity index (χ0) is 16.2. The van der Waals surface area contributed by atoms with Gasteiger partial charge in [0.15, 0.2) is 5.58 Å². The molecule has 0 atom stereocenters. The van der Waals surface area contributed by atoms with Crippen molar-refractivity contribution in [1.29, 1.82) is 0 Å². The lowest BCUT2D eigenvalue weighted by atomic mass is 9.93. The van der Waals surface area contributed by atoms with Crippen LogP contribution in [-0.2, 0) is 4.79 Å². The van der Waals surface area contributed by atoms with E-state index in [9.17, 15) is 4.79 Å². The molecule has 2 heterocycles. The van der Waals surface area contributed by atoms with Gasteiger partial charge in [-0.25, -0.2) is 0 Å². The number of nitrogens with zero attached hydrogens (tertiary/aromatic N) is 2. The Morgan fingerprint density at radius 2 is 2.04 bits per heavy atom. The first-order valence-corrected chi connectivity index (χ1v) is 8.20. The summed E-state index contributed by atoms with van der Waals surface area (Å²) in [6, 6.07) is 6.12. The number of nitrogens with one attached hydrogen (secondary N) is 2. The summed E-state index contributed by atoms with van der Waals surface area (Å²) < 4.78 is 5.61. The third-order valence-electron chi connectivity index (χ3n) is 4.28. The van der Waals surface area contributed by atoms with Gasteiger partial charge in [0.05, 0.1) is 0 Å². The van der Waals surface area contributed by atoms with Crippen molar-refractivity contribution >= 4 is 53.5 Å². The fraction of sp³-hybridized carbons (Fsp3) is 0.529. The number of fused-ring (bicyclic) bond motifs is 1. The van der Waals surface area contributed by atoms with E-state index in [0.717, 1.165) is 36.3 Å². The molecular weight excluding hydrogens is 363 g/mol. The molecule has 1 fully saturated rings. The van der Waals surface area contributed by atoms with Gasteiger partial charge in [0, 0.05) is 26.2 Å². The minimum atomic E-state index is 0. The van der Waals surface area contributed by atoms with E-state index in [2.05, 4.69) is 15.6 Å². The van der Waals surface area contributed by atoms with Crippen LogP contribution in [-0.4, -0.2) is 38.1 Å². The van der Waals surface area contributed by atoms with Crippen molar-refractivity contribution in [3.05, 3.63) is 18.2 Å². The number of carbonyl (C=O) groups is 1. The molecule has 1 aromatic heterocycles. The summed E-state index contributed by atoms with van der Waals surface area (Å²) in [4.78, 5) is 18.3. The Kier molecular flexibility index (Phi) is 8.48. The molecule has 140 valence electrons. The molecule has 8 heteroatoms. The monoisotopic (exact) mass is 388 g/mol. The molecule has 0 saturated carbocycles. The predicted molar refractivity (Wildman–Crippen MR) is 106 cm³/mol. The third-order valence-corrected chi connectivity index (χ3v) is 4.28. The predicted octanol–water partition coefficient (Wildman–Crippen LogP) is 3.46. The first kappa shape index (κ1) is 21.5. The smallest absolute Gasteiger partial charge is 0.297 e. The number of aromatic nitrogens is 1. The van der Waals surface area contributed by atoms with E-state index in [-0.39, 0.29) is 30.7 Å². The summed E-state index contributed by atoms with van der Waals surface area (Å²) in [6.45, 7) is 2.15. The number of carbonyl (C=O) groups excluding carboxylic acids is 1. The zero-order valence-electron chi connectivity index (χ0n) is 14.6. The van der Waals surface area contributed by atoms with E-state index < -0.39 is 0 Å². The number of hydrogen-bond acceptors (Lipinski definition) is 5. The van der Waals surface area contributed by atoms with Gasteiger partial charge < -0.3 is 20.0 Å². The summed E-state index contributed by atoms with van der Waals surface area (Å²) in [5.74, 6) is 0.738. The first-order chi connectivity index (χ1) is 11.1. The Hall–Kier alpha value is -1.50. The molecule has 3 rings (SSSR count). The standard InChI is InChI=1S/C17H24N4O2.2ClH/c1-21(2)17-20-14-11-13(4-5-15(14)23-17)19-16(22)6-3-12-7-9-18-10-8-12;;/h4-5,11-12,18H,3,6-10H2,1-2H3,(H,19,22);2*1H. The summed E-state index contributed by atoms with van der Waals surface area (Å²) in [7, 11) is 3.77. The largest absolute Gasteiger partial charge is 0.423 e. The SMILES string of the molecule is CN(C)c1nc2cc(NC(=O)CCC3CCNCC3)ccc2o1.Cl.Cl. The highest BCUT2D eigenvalue weighted by molar-refractivity contribution is 5.92. The number of rotatable bonds is 5. The van der Waals surface area contributed by atoms with Crippen molar-refractivity contribution in [1.82, 2.24) is 10.3 Å². The van der Waals surface area contributed by atoms with E-state index in [0.29, 0.717) is 18.4 Å². The highest BCUT2D eigenvalue weighted by Crippen LogP contribution is 2.24. The molecule has 1 aliphatic rings. The van der Waals surface area contributed by atoms with Crippen LogP contribution < -0.4 is 15.5 Å². The Morgan fingerprint density at radius 1 is 1.32 bits per heavy atom. The number of hydrogen-bond donors (Lipinski definition) is 2. The van der Waals surface area contributed by atoms with E-state index in [1.54, 1.807) is 0 Å². The minimum Gasteiger partial charge on any atom is -0.423 e. The lowest BCUT2D eigenvalue weighted by molar-refractivity contribution is -0.116. The normalized spacial score (nSPS) is 14.5. The molecule has 2 N–H and O–H groups in total. The van der Waals surface area contributed by atoms with Crippen molar-refractivity contribution in [2.45, 2.75) is 25.7 Å². The molecule has 25 heavy (non-hydrogen) atoms. The number of oxazole rings is 1. The van der Waals surface area contributed by atoms with Crippen molar-refractivity contribution < 1.29 is 9.21 Å². The number of piperidine rings is 1. The topological polar surface area (TPSA) is 70.4 Å².